The second kappa shape index (κ2) is 19.2. The molecule has 6 nitrogen and oxygen atoms in total. The molecule has 3 N–H and O–H groups in total. The number of carboxylic acids is 3. The van der Waals surface area contributed by atoms with Crippen LogP contribution in [0.25, 0.3) is 66.8 Å². The van der Waals surface area contributed by atoms with E-state index in [0.717, 1.165) is 90.7 Å². The number of rotatable bonds is 12. The van der Waals surface area contributed by atoms with Crippen LogP contribution in [0, 0.1) is 0 Å². The Kier molecular flexibility index (Phi) is 12.2. The summed E-state index contributed by atoms with van der Waals surface area (Å²) in [7, 11) is 0. The fourth-order valence-corrected chi connectivity index (χ4v) is 9.27. The van der Waals surface area contributed by atoms with Crippen LogP contribution in [0.4, 0.5) is 0 Å². The molecule has 6 heteroatoms. The maximum Gasteiger partial charge on any atom is 0.335 e. The van der Waals surface area contributed by atoms with Crippen LogP contribution < -0.4 is 0 Å². The van der Waals surface area contributed by atoms with Crippen molar-refractivity contribution in [2.45, 2.75) is 24.7 Å². The molecule has 0 saturated heterocycles. The van der Waals surface area contributed by atoms with Gasteiger partial charge in [-0.3, -0.25) is 0 Å². The van der Waals surface area contributed by atoms with Gasteiger partial charge in [0.05, 0.1) is 16.7 Å². The van der Waals surface area contributed by atoms with Crippen molar-refractivity contribution < 1.29 is 29.7 Å². The number of hydrogen-bond acceptors (Lipinski definition) is 3. The van der Waals surface area contributed by atoms with Crippen LogP contribution in [0.5, 0.6) is 0 Å². The fraction of sp³-hybridized carbons (Fsp3) is 0.0635. The van der Waals surface area contributed by atoms with Crippen molar-refractivity contribution in [2.75, 3.05) is 0 Å². The molecular weight excluding hydrogens is 853 g/mol. The monoisotopic (exact) mass is 898 g/mol. The molecule has 0 aromatic heterocycles. The van der Waals surface area contributed by atoms with Crippen LogP contribution in [0.3, 0.4) is 0 Å². The van der Waals surface area contributed by atoms with Crippen LogP contribution in [0.1, 0.15) is 78.0 Å². The van der Waals surface area contributed by atoms with Crippen molar-refractivity contribution in [3.63, 3.8) is 0 Å². The molecule has 0 radical (unpaired) electrons. The van der Waals surface area contributed by atoms with Gasteiger partial charge in [0.25, 0.3) is 0 Å². The van der Waals surface area contributed by atoms with E-state index in [0.29, 0.717) is 5.56 Å². The smallest absolute Gasteiger partial charge is 0.335 e. The van der Waals surface area contributed by atoms with E-state index >= 15 is 0 Å². The summed E-state index contributed by atoms with van der Waals surface area (Å²) in [4.78, 5) is 34.0. The average Bonchev–Trinajstić information content (AvgIpc) is 3.41. The molecule has 0 aliphatic heterocycles. The van der Waals surface area contributed by atoms with E-state index in [2.05, 4.69) is 152 Å². The van der Waals surface area contributed by atoms with Gasteiger partial charge >= 0.3 is 17.9 Å². The van der Waals surface area contributed by atoms with E-state index in [9.17, 15) is 29.7 Å². The van der Waals surface area contributed by atoms with Crippen molar-refractivity contribution >= 4 is 29.1 Å². The highest BCUT2D eigenvalue weighted by molar-refractivity contribution is 5.90. The molecule has 8 aromatic carbocycles. The van der Waals surface area contributed by atoms with Crippen LogP contribution in [-0.2, 0) is 0 Å². The van der Waals surface area contributed by atoms with Gasteiger partial charge < -0.3 is 15.3 Å². The Labute approximate surface area is 400 Å². The zero-order valence-electron chi connectivity index (χ0n) is 37.5. The minimum absolute atomic E-state index is 0.169. The number of aromatic carboxylic acids is 3. The lowest BCUT2D eigenvalue weighted by molar-refractivity contribution is 0.0686. The van der Waals surface area contributed by atoms with E-state index in [1.807, 2.05) is 36.4 Å². The number of hydrogen-bond donors (Lipinski definition) is 3. The molecule has 10 rings (SSSR count). The van der Waals surface area contributed by atoms with E-state index in [1.165, 1.54) is 11.1 Å². The Morgan fingerprint density at radius 2 is 0.565 bits per heavy atom. The summed E-state index contributed by atoms with van der Waals surface area (Å²) in [5.41, 5.74) is 18.4. The Bertz CT molecular complexity index is 3340. The van der Waals surface area contributed by atoms with E-state index in [-0.39, 0.29) is 23.0 Å². The summed E-state index contributed by atoms with van der Waals surface area (Å²) >= 11 is 0. The average molecular weight is 899 g/mol. The van der Waals surface area contributed by atoms with Gasteiger partial charge in [0, 0.05) is 11.8 Å². The molecule has 0 fully saturated rings. The van der Waals surface area contributed by atoms with Crippen molar-refractivity contribution in [2.24, 2.45) is 0 Å². The Hall–Kier alpha value is -8.87. The molecule has 2 aliphatic carbocycles. The van der Waals surface area contributed by atoms with E-state index < -0.39 is 17.9 Å². The SMILES string of the molecule is O=C(O)c1ccc(-c2ccc(C3=CCC(c4cc(-c5ccc(C6=CCC(c7ccc(C(=O)O)cc7)C=C6)cc5)cc(-c5ccc(-c6ccc(-c7ccc(C(=O)O)cc7)cc6)cc5)c4)C=C3)cc2)cc1. The number of allylic oxidation sites excluding steroid dienone is 8. The third kappa shape index (κ3) is 9.69. The van der Waals surface area contributed by atoms with Gasteiger partial charge in [0.15, 0.2) is 0 Å². The second-order valence-electron chi connectivity index (χ2n) is 17.6. The lowest BCUT2D eigenvalue weighted by Gasteiger charge is -2.20. The quantitative estimate of drug-likeness (QED) is 0.113. The Morgan fingerprint density at radius 1 is 0.304 bits per heavy atom. The third-order valence-corrected chi connectivity index (χ3v) is 13.3. The summed E-state index contributed by atoms with van der Waals surface area (Å²) in [5.74, 6) is -2.43. The van der Waals surface area contributed by atoms with Gasteiger partial charge in [-0.25, -0.2) is 14.4 Å². The molecule has 2 atom stereocenters. The zero-order valence-corrected chi connectivity index (χ0v) is 37.5. The molecule has 0 heterocycles. The maximum atomic E-state index is 11.4. The lowest BCUT2D eigenvalue weighted by atomic mass is 9.84. The number of benzene rings is 8. The molecule has 0 saturated carbocycles. The summed E-state index contributed by atoms with van der Waals surface area (Å²) in [5, 5.41) is 27.9. The summed E-state index contributed by atoms with van der Waals surface area (Å²) < 4.78 is 0. The van der Waals surface area contributed by atoms with Gasteiger partial charge in [-0.2, -0.15) is 0 Å². The van der Waals surface area contributed by atoms with Crippen molar-refractivity contribution in [3.8, 4) is 55.6 Å². The van der Waals surface area contributed by atoms with Gasteiger partial charge in [-0.1, -0.05) is 182 Å². The predicted molar refractivity (Wildman–Crippen MR) is 276 cm³/mol. The lowest BCUT2D eigenvalue weighted by Crippen LogP contribution is -2.01. The first-order valence-corrected chi connectivity index (χ1v) is 23.0. The maximum absolute atomic E-state index is 11.4. The fourth-order valence-electron chi connectivity index (χ4n) is 9.27. The molecule has 8 aromatic rings. The first kappa shape index (κ1) is 44.0. The minimum atomic E-state index is -0.938. The van der Waals surface area contributed by atoms with Gasteiger partial charge in [0.2, 0.25) is 0 Å². The topological polar surface area (TPSA) is 112 Å². The van der Waals surface area contributed by atoms with Gasteiger partial charge in [-0.05, 0) is 144 Å². The second-order valence-corrected chi connectivity index (χ2v) is 17.6. The van der Waals surface area contributed by atoms with E-state index in [4.69, 9.17) is 0 Å². The van der Waals surface area contributed by atoms with Crippen LogP contribution >= 0.6 is 0 Å². The van der Waals surface area contributed by atoms with Gasteiger partial charge in [-0.15, -0.1) is 0 Å². The Morgan fingerprint density at radius 3 is 0.855 bits per heavy atom. The van der Waals surface area contributed by atoms with Crippen LogP contribution in [0.2, 0.25) is 0 Å². The largest absolute Gasteiger partial charge is 0.478 e. The minimum Gasteiger partial charge on any atom is -0.478 e. The molecule has 334 valence electrons. The number of carboxylic acid groups (broad SMARTS) is 3. The van der Waals surface area contributed by atoms with Crippen molar-refractivity contribution in [3.05, 3.63) is 263 Å². The molecule has 0 bridgehead atoms. The van der Waals surface area contributed by atoms with E-state index in [1.54, 1.807) is 36.4 Å². The third-order valence-electron chi connectivity index (χ3n) is 13.3. The highest BCUT2D eigenvalue weighted by Crippen LogP contribution is 2.38. The van der Waals surface area contributed by atoms with Crippen LogP contribution in [-0.4, -0.2) is 33.2 Å². The molecule has 69 heavy (non-hydrogen) atoms. The summed E-state index contributed by atoms with van der Waals surface area (Å²) in [6.45, 7) is 0. The predicted octanol–water partition coefficient (Wildman–Crippen LogP) is 15.4. The van der Waals surface area contributed by atoms with Crippen LogP contribution in [0.15, 0.2) is 225 Å². The summed E-state index contributed by atoms with van der Waals surface area (Å²) in [6.07, 6.45) is 15.2. The van der Waals surface area contributed by atoms with Crippen molar-refractivity contribution in [1.29, 1.82) is 0 Å². The molecule has 2 unspecified atom stereocenters. The first-order valence-electron chi connectivity index (χ1n) is 23.0. The van der Waals surface area contributed by atoms with Crippen molar-refractivity contribution in [1.82, 2.24) is 0 Å². The first-order chi connectivity index (χ1) is 33.6. The zero-order chi connectivity index (χ0) is 47.4. The molecular formula is C63H46O6. The highest BCUT2D eigenvalue weighted by Gasteiger charge is 2.18. The number of carbonyl (C=O) groups is 3. The molecule has 0 spiro atoms. The highest BCUT2D eigenvalue weighted by atomic mass is 16.4. The summed E-state index contributed by atoms with van der Waals surface area (Å²) in [6, 6.07) is 62.2. The molecule has 2 aliphatic rings. The molecule has 0 amide bonds. The Balaban J connectivity index is 0.901. The van der Waals surface area contributed by atoms with Gasteiger partial charge in [0.1, 0.15) is 0 Å². The standard InChI is InChI=1S/C63H46O6/c64-61(65)55-31-25-49(26-32-55)43-7-1-40(2-8-43)46-13-19-52(20-14-46)58-37-59(53-21-15-47(16-22-53)41-3-9-44(10-4-41)50-27-33-56(34-28-50)62(66)67)39-60(38-58)54-23-17-48(18-24-54)42-5-11-45(12-6-42)51-29-35-57(36-30-51)63(68)69/h1-11,13-21,23-39,45,53H,12,22H2,(H,64,65)(H,66,67)(H,68,69). The normalized spacial score (nSPS) is 15.2.